The van der Waals surface area contributed by atoms with Crippen molar-refractivity contribution in [3.63, 3.8) is 0 Å². The van der Waals surface area contributed by atoms with E-state index < -0.39 is 0 Å². The molecule has 4 rings (SSSR count). The molecule has 0 spiro atoms. The zero-order chi connectivity index (χ0) is 17.1. The van der Waals surface area contributed by atoms with Crippen molar-refractivity contribution in [3.8, 4) is 22.8 Å². The molecule has 0 bridgehead atoms. The van der Waals surface area contributed by atoms with Crippen molar-refractivity contribution < 1.29 is 13.9 Å². The van der Waals surface area contributed by atoms with Crippen molar-refractivity contribution in [1.82, 2.24) is 15.1 Å². The van der Waals surface area contributed by atoms with Gasteiger partial charge in [-0.3, -0.25) is 4.68 Å². The third-order valence-corrected chi connectivity index (χ3v) is 4.15. The first kappa shape index (κ1) is 18.4. The molecule has 0 unspecified atom stereocenters. The molecule has 7 heteroatoms. The third kappa shape index (κ3) is 4.03. The zero-order valence-corrected chi connectivity index (χ0v) is 15.4. The van der Waals surface area contributed by atoms with E-state index in [9.17, 15) is 0 Å². The standard InChI is InChI=1S/C19H21N3O3.ClH/c1-22-12-16(11-20-10-14-5-8-23-13-14)19(21-22)15-3-4-17-18(9-15)25-7-2-6-24-17;/h3-5,8-9,12-13,20H,2,6-7,10-11H2,1H3;1H. The quantitative estimate of drug-likeness (QED) is 0.738. The van der Waals surface area contributed by atoms with E-state index >= 15 is 0 Å². The van der Waals surface area contributed by atoms with E-state index in [0.29, 0.717) is 13.2 Å². The van der Waals surface area contributed by atoms with Gasteiger partial charge >= 0.3 is 0 Å². The Hall–Kier alpha value is -2.44. The van der Waals surface area contributed by atoms with Gasteiger partial charge in [0.25, 0.3) is 0 Å². The first-order valence-corrected chi connectivity index (χ1v) is 8.44. The van der Waals surface area contributed by atoms with Crippen LogP contribution in [-0.4, -0.2) is 23.0 Å². The van der Waals surface area contributed by atoms with Crippen LogP contribution in [0.5, 0.6) is 11.5 Å². The minimum absolute atomic E-state index is 0. The van der Waals surface area contributed by atoms with Crippen molar-refractivity contribution in [2.45, 2.75) is 19.5 Å². The molecule has 138 valence electrons. The molecule has 26 heavy (non-hydrogen) atoms. The van der Waals surface area contributed by atoms with E-state index in [2.05, 4.69) is 10.4 Å². The van der Waals surface area contributed by atoms with Gasteiger partial charge in [-0.15, -0.1) is 12.4 Å². The Balaban J connectivity index is 0.00000196. The Labute approximate surface area is 158 Å². The molecular formula is C19H22ClN3O3. The van der Waals surface area contributed by atoms with Crippen LogP contribution in [0.15, 0.2) is 47.4 Å². The summed E-state index contributed by atoms with van der Waals surface area (Å²) in [6.07, 6.45) is 6.38. The Morgan fingerprint density at radius 3 is 2.77 bits per heavy atom. The summed E-state index contributed by atoms with van der Waals surface area (Å²) in [6.45, 7) is 2.85. The lowest BCUT2D eigenvalue weighted by Crippen LogP contribution is -2.12. The molecule has 1 aromatic carbocycles. The van der Waals surface area contributed by atoms with Crippen LogP contribution in [0.3, 0.4) is 0 Å². The molecule has 0 atom stereocenters. The summed E-state index contributed by atoms with van der Waals surface area (Å²) in [7, 11) is 1.94. The predicted octanol–water partition coefficient (Wildman–Crippen LogP) is 3.55. The number of aryl methyl sites for hydroxylation is 1. The first-order valence-electron chi connectivity index (χ1n) is 8.44. The van der Waals surface area contributed by atoms with E-state index in [0.717, 1.165) is 53.4 Å². The molecule has 1 N–H and O–H groups in total. The molecule has 0 amide bonds. The van der Waals surface area contributed by atoms with Gasteiger partial charge in [0.1, 0.15) is 0 Å². The molecule has 0 aliphatic carbocycles. The van der Waals surface area contributed by atoms with Crippen LogP contribution >= 0.6 is 12.4 Å². The number of aromatic nitrogens is 2. The van der Waals surface area contributed by atoms with Crippen LogP contribution in [0.25, 0.3) is 11.3 Å². The maximum Gasteiger partial charge on any atom is 0.161 e. The van der Waals surface area contributed by atoms with Crippen LogP contribution in [0, 0.1) is 0 Å². The lowest BCUT2D eigenvalue weighted by molar-refractivity contribution is 0.297. The van der Waals surface area contributed by atoms with Crippen LogP contribution in [-0.2, 0) is 20.1 Å². The summed E-state index contributed by atoms with van der Waals surface area (Å²) >= 11 is 0. The molecule has 6 nitrogen and oxygen atoms in total. The highest BCUT2D eigenvalue weighted by atomic mass is 35.5. The highest BCUT2D eigenvalue weighted by Crippen LogP contribution is 2.34. The Morgan fingerprint density at radius 2 is 1.96 bits per heavy atom. The van der Waals surface area contributed by atoms with Gasteiger partial charge in [-0.1, -0.05) is 0 Å². The number of rotatable bonds is 5. The fraction of sp³-hybridized carbons (Fsp3) is 0.316. The molecular weight excluding hydrogens is 354 g/mol. The number of ether oxygens (including phenoxy) is 2. The number of fused-ring (bicyclic) bond motifs is 1. The van der Waals surface area contributed by atoms with Gasteiger partial charge in [-0.05, 0) is 24.3 Å². The average Bonchev–Trinajstić information content (AvgIpc) is 3.19. The highest BCUT2D eigenvalue weighted by molar-refractivity contribution is 5.85. The molecule has 2 aromatic heterocycles. The van der Waals surface area contributed by atoms with Gasteiger partial charge in [-0.2, -0.15) is 5.10 Å². The second-order valence-electron chi connectivity index (χ2n) is 6.12. The summed E-state index contributed by atoms with van der Waals surface area (Å²) in [5, 5.41) is 8.06. The largest absolute Gasteiger partial charge is 0.490 e. The van der Waals surface area contributed by atoms with Crippen LogP contribution in [0.4, 0.5) is 0 Å². The summed E-state index contributed by atoms with van der Waals surface area (Å²) < 4.78 is 18.4. The molecule has 3 heterocycles. The van der Waals surface area contributed by atoms with Crippen LogP contribution < -0.4 is 14.8 Å². The second kappa shape index (κ2) is 8.29. The predicted molar refractivity (Wildman–Crippen MR) is 101 cm³/mol. The molecule has 3 aromatic rings. The van der Waals surface area contributed by atoms with Gasteiger partial charge in [-0.25, -0.2) is 0 Å². The maximum absolute atomic E-state index is 5.80. The first-order chi connectivity index (χ1) is 12.3. The number of hydrogen-bond donors (Lipinski definition) is 1. The lowest BCUT2D eigenvalue weighted by atomic mass is 10.1. The second-order valence-corrected chi connectivity index (χ2v) is 6.12. The monoisotopic (exact) mass is 375 g/mol. The lowest BCUT2D eigenvalue weighted by Gasteiger charge is -2.09. The van der Waals surface area contributed by atoms with Crippen molar-refractivity contribution in [2.24, 2.45) is 7.05 Å². The SMILES string of the molecule is Cl.Cn1cc(CNCc2ccoc2)c(-c2ccc3c(c2)OCCCO3)n1. The van der Waals surface area contributed by atoms with Crippen molar-refractivity contribution >= 4 is 12.4 Å². The van der Waals surface area contributed by atoms with Crippen molar-refractivity contribution in [3.05, 3.63) is 54.1 Å². The average molecular weight is 376 g/mol. The van der Waals surface area contributed by atoms with E-state index in [-0.39, 0.29) is 12.4 Å². The minimum atomic E-state index is 0. The number of hydrogen-bond acceptors (Lipinski definition) is 5. The fourth-order valence-electron chi connectivity index (χ4n) is 2.96. The Bertz CT molecular complexity index is 846. The Kier molecular flexibility index (Phi) is 5.85. The Morgan fingerprint density at radius 1 is 1.12 bits per heavy atom. The molecule has 0 radical (unpaired) electrons. The van der Waals surface area contributed by atoms with Crippen LogP contribution in [0.1, 0.15) is 17.5 Å². The normalized spacial score (nSPS) is 13.1. The summed E-state index contributed by atoms with van der Waals surface area (Å²) in [5.74, 6) is 1.59. The summed E-state index contributed by atoms with van der Waals surface area (Å²) in [4.78, 5) is 0. The van der Waals surface area contributed by atoms with Crippen LogP contribution in [0.2, 0.25) is 0 Å². The highest BCUT2D eigenvalue weighted by Gasteiger charge is 2.15. The van der Waals surface area contributed by atoms with Gasteiger partial charge in [0.15, 0.2) is 11.5 Å². The molecule has 1 aliphatic rings. The number of halogens is 1. The van der Waals surface area contributed by atoms with E-state index in [1.54, 1.807) is 12.5 Å². The topological polar surface area (TPSA) is 61.5 Å². The van der Waals surface area contributed by atoms with E-state index in [1.807, 2.05) is 42.2 Å². The van der Waals surface area contributed by atoms with Crippen molar-refractivity contribution in [2.75, 3.05) is 13.2 Å². The summed E-state index contributed by atoms with van der Waals surface area (Å²) in [5.41, 5.74) is 4.25. The van der Waals surface area contributed by atoms with Gasteiger partial charge in [0.2, 0.25) is 0 Å². The molecule has 0 fully saturated rings. The number of nitrogens with one attached hydrogen (secondary N) is 1. The number of furan rings is 1. The fourth-order valence-corrected chi connectivity index (χ4v) is 2.96. The number of nitrogens with zero attached hydrogens (tertiary/aromatic N) is 2. The number of benzene rings is 1. The molecule has 1 aliphatic heterocycles. The molecule has 0 saturated carbocycles. The van der Waals surface area contributed by atoms with E-state index in [1.165, 1.54) is 0 Å². The maximum atomic E-state index is 5.80. The van der Waals surface area contributed by atoms with Gasteiger partial charge < -0.3 is 19.2 Å². The van der Waals surface area contributed by atoms with Crippen molar-refractivity contribution in [1.29, 1.82) is 0 Å². The zero-order valence-electron chi connectivity index (χ0n) is 14.6. The smallest absolute Gasteiger partial charge is 0.161 e. The van der Waals surface area contributed by atoms with Gasteiger partial charge in [0.05, 0.1) is 31.4 Å². The van der Waals surface area contributed by atoms with Gasteiger partial charge in [0, 0.05) is 49.4 Å². The van der Waals surface area contributed by atoms with E-state index in [4.69, 9.17) is 13.9 Å². The summed E-state index contributed by atoms with van der Waals surface area (Å²) in [6, 6.07) is 7.98. The third-order valence-electron chi connectivity index (χ3n) is 4.15. The minimum Gasteiger partial charge on any atom is -0.490 e. The molecule has 0 saturated heterocycles.